The molecule has 2 aromatic rings. The molecule has 0 bridgehead atoms. The van der Waals surface area contributed by atoms with Gasteiger partial charge in [-0.25, -0.2) is 13.1 Å². The number of nitrogens with one attached hydrogen (secondary N) is 1. The number of nitrogens with zero attached hydrogens (tertiary/aromatic N) is 2. The Balaban J connectivity index is 1.54. The Kier molecular flexibility index (Phi) is 6.41. The summed E-state index contributed by atoms with van der Waals surface area (Å²) in [6.07, 6.45) is 0. The van der Waals surface area contributed by atoms with Crippen molar-refractivity contribution in [1.29, 1.82) is 0 Å². The van der Waals surface area contributed by atoms with E-state index >= 15 is 0 Å². The van der Waals surface area contributed by atoms with Crippen LogP contribution in [0.2, 0.25) is 5.02 Å². The molecule has 6 nitrogen and oxygen atoms in total. The lowest BCUT2D eigenvalue weighted by atomic mass is 10.2. The van der Waals surface area contributed by atoms with Crippen molar-refractivity contribution in [2.45, 2.75) is 4.90 Å². The molecule has 1 aliphatic rings. The van der Waals surface area contributed by atoms with Gasteiger partial charge in [0.25, 0.3) is 0 Å². The Morgan fingerprint density at radius 2 is 1.67 bits per heavy atom. The molecule has 3 rings (SSSR count). The summed E-state index contributed by atoms with van der Waals surface area (Å²) in [6.45, 7) is 2.07. The van der Waals surface area contributed by atoms with Gasteiger partial charge in [-0.05, 0) is 36.4 Å². The summed E-state index contributed by atoms with van der Waals surface area (Å²) >= 11 is 9.49. The molecule has 0 saturated carbocycles. The van der Waals surface area contributed by atoms with Crippen LogP contribution >= 0.6 is 27.5 Å². The van der Waals surface area contributed by atoms with Gasteiger partial charge < -0.3 is 9.80 Å². The van der Waals surface area contributed by atoms with Crippen LogP contribution in [-0.4, -0.2) is 51.9 Å². The number of piperazine rings is 1. The van der Waals surface area contributed by atoms with Crippen LogP contribution < -0.4 is 9.62 Å². The van der Waals surface area contributed by atoms with Crippen molar-refractivity contribution in [3.8, 4) is 0 Å². The Morgan fingerprint density at radius 1 is 1.04 bits per heavy atom. The zero-order valence-corrected chi connectivity index (χ0v) is 17.6. The first kappa shape index (κ1) is 20.1. The SMILES string of the molecule is O=C(CNS(=O)(=O)c1ccc(Br)cc1)N1CCN(c2ccccc2Cl)CC1. The van der Waals surface area contributed by atoms with Crippen LogP contribution in [0.15, 0.2) is 57.9 Å². The summed E-state index contributed by atoms with van der Waals surface area (Å²) in [7, 11) is -3.72. The quantitative estimate of drug-likeness (QED) is 0.726. The van der Waals surface area contributed by atoms with E-state index in [2.05, 4.69) is 25.6 Å². The second-order valence-corrected chi connectivity index (χ2v) is 9.19. The highest BCUT2D eigenvalue weighted by atomic mass is 79.9. The largest absolute Gasteiger partial charge is 0.367 e. The zero-order chi connectivity index (χ0) is 19.4. The third-order valence-electron chi connectivity index (χ3n) is 4.36. The van der Waals surface area contributed by atoms with Crippen LogP contribution in [0.1, 0.15) is 0 Å². The van der Waals surface area contributed by atoms with Crippen molar-refractivity contribution in [2.75, 3.05) is 37.6 Å². The molecule has 0 spiro atoms. The lowest BCUT2D eigenvalue weighted by Crippen LogP contribution is -2.51. The van der Waals surface area contributed by atoms with E-state index in [0.717, 1.165) is 10.2 Å². The van der Waals surface area contributed by atoms with Gasteiger partial charge in [0.1, 0.15) is 0 Å². The van der Waals surface area contributed by atoms with E-state index in [4.69, 9.17) is 11.6 Å². The third-order valence-corrected chi connectivity index (χ3v) is 6.63. The van der Waals surface area contributed by atoms with Crippen molar-refractivity contribution in [3.05, 3.63) is 58.0 Å². The zero-order valence-electron chi connectivity index (χ0n) is 14.4. The number of benzene rings is 2. The lowest BCUT2D eigenvalue weighted by molar-refractivity contribution is -0.130. The number of anilines is 1. The van der Waals surface area contributed by atoms with Crippen LogP contribution in [0, 0.1) is 0 Å². The van der Waals surface area contributed by atoms with Gasteiger partial charge in [-0.3, -0.25) is 4.79 Å². The molecule has 0 aliphatic carbocycles. The van der Waals surface area contributed by atoms with E-state index in [1.807, 2.05) is 24.3 Å². The Bertz CT molecular complexity index is 914. The van der Waals surface area contributed by atoms with E-state index in [-0.39, 0.29) is 17.3 Å². The fourth-order valence-electron chi connectivity index (χ4n) is 2.87. The molecule has 9 heteroatoms. The van der Waals surface area contributed by atoms with Crippen LogP contribution in [-0.2, 0) is 14.8 Å². The second-order valence-electron chi connectivity index (χ2n) is 6.10. The normalized spacial score (nSPS) is 15.0. The second kappa shape index (κ2) is 8.60. The van der Waals surface area contributed by atoms with Crippen molar-refractivity contribution in [3.63, 3.8) is 0 Å². The molecule has 1 heterocycles. The fraction of sp³-hybridized carbons (Fsp3) is 0.278. The predicted molar refractivity (Wildman–Crippen MR) is 110 cm³/mol. The minimum atomic E-state index is -3.72. The highest BCUT2D eigenvalue weighted by Gasteiger charge is 2.23. The molecule has 2 aromatic carbocycles. The molecule has 0 atom stereocenters. The maximum atomic E-state index is 12.4. The summed E-state index contributed by atoms with van der Waals surface area (Å²) in [5, 5.41) is 0.680. The van der Waals surface area contributed by atoms with E-state index in [1.165, 1.54) is 12.1 Å². The molecule has 1 saturated heterocycles. The molecular weight excluding hydrogens is 454 g/mol. The number of para-hydroxylation sites is 1. The third kappa shape index (κ3) is 5.01. The summed E-state index contributed by atoms with van der Waals surface area (Å²) < 4.78 is 27.7. The highest BCUT2D eigenvalue weighted by Crippen LogP contribution is 2.26. The van der Waals surface area contributed by atoms with Gasteiger partial charge in [0.2, 0.25) is 15.9 Å². The van der Waals surface area contributed by atoms with Gasteiger partial charge in [-0.2, -0.15) is 0 Å². The molecule has 0 unspecified atom stereocenters. The molecule has 27 heavy (non-hydrogen) atoms. The Labute approximate surface area is 172 Å². The maximum Gasteiger partial charge on any atom is 0.241 e. The monoisotopic (exact) mass is 471 g/mol. The van der Waals surface area contributed by atoms with Gasteiger partial charge in [-0.15, -0.1) is 0 Å². The van der Waals surface area contributed by atoms with Crippen LogP contribution in [0.25, 0.3) is 0 Å². The van der Waals surface area contributed by atoms with Crippen molar-refractivity contribution >= 4 is 49.1 Å². The number of sulfonamides is 1. The first-order valence-corrected chi connectivity index (χ1v) is 11.0. The minimum absolute atomic E-state index is 0.127. The number of hydrogen-bond donors (Lipinski definition) is 1. The molecule has 1 N–H and O–H groups in total. The fourth-order valence-corrected chi connectivity index (χ4v) is 4.36. The van der Waals surface area contributed by atoms with E-state index in [1.54, 1.807) is 17.0 Å². The Morgan fingerprint density at radius 3 is 2.30 bits per heavy atom. The van der Waals surface area contributed by atoms with Gasteiger partial charge in [-0.1, -0.05) is 39.7 Å². The highest BCUT2D eigenvalue weighted by molar-refractivity contribution is 9.10. The van der Waals surface area contributed by atoms with Crippen molar-refractivity contribution in [2.24, 2.45) is 0 Å². The van der Waals surface area contributed by atoms with Crippen LogP contribution in [0.4, 0.5) is 5.69 Å². The van der Waals surface area contributed by atoms with Gasteiger partial charge in [0.15, 0.2) is 0 Å². The van der Waals surface area contributed by atoms with E-state index < -0.39 is 10.0 Å². The number of halogens is 2. The summed E-state index contributed by atoms with van der Waals surface area (Å²) in [6, 6.07) is 13.9. The molecule has 1 fully saturated rings. The number of carbonyl (C=O) groups excluding carboxylic acids is 1. The van der Waals surface area contributed by atoms with E-state index in [0.29, 0.717) is 31.2 Å². The van der Waals surface area contributed by atoms with E-state index in [9.17, 15) is 13.2 Å². The standard InChI is InChI=1S/C18H19BrClN3O3S/c19-14-5-7-15(8-6-14)27(25,26)21-13-18(24)23-11-9-22(10-12-23)17-4-2-1-3-16(17)20/h1-8,21H,9-13H2. The van der Waals surface area contributed by atoms with Gasteiger partial charge >= 0.3 is 0 Å². The first-order valence-electron chi connectivity index (χ1n) is 8.39. The minimum Gasteiger partial charge on any atom is -0.367 e. The maximum absolute atomic E-state index is 12.4. The summed E-state index contributed by atoms with van der Waals surface area (Å²) in [5.41, 5.74) is 0.946. The average molecular weight is 473 g/mol. The lowest BCUT2D eigenvalue weighted by Gasteiger charge is -2.36. The molecule has 0 radical (unpaired) electrons. The number of carbonyl (C=O) groups is 1. The molecule has 0 aromatic heterocycles. The Hall–Kier alpha value is -1.61. The number of amides is 1. The predicted octanol–water partition coefficient (Wildman–Crippen LogP) is 2.73. The topological polar surface area (TPSA) is 69.7 Å². The molecule has 144 valence electrons. The van der Waals surface area contributed by atoms with Crippen LogP contribution in [0.3, 0.4) is 0 Å². The van der Waals surface area contributed by atoms with Gasteiger partial charge in [0, 0.05) is 30.7 Å². The average Bonchev–Trinajstić information content (AvgIpc) is 2.67. The van der Waals surface area contributed by atoms with Crippen LogP contribution in [0.5, 0.6) is 0 Å². The van der Waals surface area contributed by atoms with Crippen molar-refractivity contribution < 1.29 is 13.2 Å². The first-order chi connectivity index (χ1) is 12.9. The van der Waals surface area contributed by atoms with Gasteiger partial charge in [0.05, 0.1) is 22.2 Å². The summed E-state index contributed by atoms with van der Waals surface area (Å²) in [5.74, 6) is -0.241. The van der Waals surface area contributed by atoms with Crippen molar-refractivity contribution in [1.82, 2.24) is 9.62 Å². The smallest absolute Gasteiger partial charge is 0.241 e. The molecule has 1 aliphatic heterocycles. The molecule has 1 amide bonds. The molecular formula is C18H19BrClN3O3S. The number of hydrogen-bond acceptors (Lipinski definition) is 4. The summed E-state index contributed by atoms with van der Waals surface area (Å²) in [4.78, 5) is 16.3. The number of rotatable bonds is 5.